The van der Waals surface area contributed by atoms with Gasteiger partial charge in [-0.3, -0.25) is 4.72 Å². The molecule has 0 unspecified atom stereocenters. The molecule has 3 N–H and O–H groups in total. The first-order chi connectivity index (χ1) is 9.92. The molecule has 0 spiro atoms. The molecule has 0 radical (unpaired) electrons. The van der Waals surface area contributed by atoms with Gasteiger partial charge in [0.1, 0.15) is 16.3 Å². The zero-order chi connectivity index (χ0) is 15.5. The fraction of sp³-hybridized carbons (Fsp3) is 0.154. The fourth-order valence-corrected chi connectivity index (χ4v) is 2.70. The second kappa shape index (κ2) is 5.88. The largest absolute Gasteiger partial charge is 0.494 e. The van der Waals surface area contributed by atoms with Gasteiger partial charge < -0.3 is 14.8 Å². The van der Waals surface area contributed by atoms with E-state index in [1.54, 1.807) is 24.3 Å². The van der Waals surface area contributed by atoms with Gasteiger partial charge in [-0.05, 0) is 37.3 Å². The van der Waals surface area contributed by atoms with Crippen molar-refractivity contribution in [1.29, 1.82) is 0 Å². The molecule has 0 aliphatic heterocycles. The van der Waals surface area contributed by atoms with Gasteiger partial charge in [0, 0.05) is 11.9 Å². The molecule has 1 aromatic heterocycles. The topological polar surface area (TPSA) is 108 Å². The Bertz CT molecular complexity index is 734. The average molecular weight is 310 g/mol. The first-order valence-corrected chi connectivity index (χ1v) is 7.58. The number of rotatable bonds is 6. The number of carboxylic acids is 1. The number of carboxylic acid groups (broad SMARTS) is 1. The van der Waals surface area contributed by atoms with Crippen LogP contribution in [-0.2, 0) is 10.0 Å². The van der Waals surface area contributed by atoms with E-state index < -0.39 is 16.0 Å². The number of hydrogen-bond donors (Lipinski definition) is 3. The molecule has 0 atom stereocenters. The first kappa shape index (κ1) is 14.9. The van der Waals surface area contributed by atoms with E-state index in [1.807, 2.05) is 6.92 Å². The standard InChI is InChI=1S/C13H14N2O5S/c1-2-20-10-5-3-9(4-6-10)15-21(18,19)11-7-12(13(16)17)14-8-11/h3-8,14-15H,2H2,1H3,(H,16,17). The van der Waals surface area contributed by atoms with Crippen LogP contribution in [0.25, 0.3) is 0 Å². The highest BCUT2D eigenvalue weighted by Crippen LogP contribution is 2.20. The average Bonchev–Trinajstić information content (AvgIpc) is 2.92. The van der Waals surface area contributed by atoms with E-state index in [9.17, 15) is 13.2 Å². The van der Waals surface area contributed by atoms with Gasteiger partial charge >= 0.3 is 5.97 Å². The third-order valence-corrected chi connectivity index (χ3v) is 3.98. The van der Waals surface area contributed by atoms with Crippen LogP contribution < -0.4 is 9.46 Å². The van der Waals surface area contributed by atoms with Gasteiger partial charge in [-0.15, -0.1) is 0 Å². The number of ether oxygens (including phenoxy) is 1. The Morgan fingerprint density at radius 1 is 1.33 bits per heavy atom. The number of anilines is 1. The molecule has 0 aliphatic rings. The van der Waals surface area contributed by atoms with Crippen molar-refractivity contribution in [3.8, 4) is 5.75 Å². The third-order valence-electron chi connectivity index (χ3n) is 2.61. The van der Waals surface area contributed by atoms with Crippen LogP contribution in [0, 0.1) is 0 Å². The quantitative estimate of drug-likeness (QED) is 0.755. The van der Waals surface area contributed by atoms with Gasteiger partial charge in [-0.25, -0.2) is 13.2 Å². The molecule has 0 bridgehead atoms. The number of aromatic carboxylic acids is 1. The molecule has 112 valence electrons. The Kier molecular flexibility index (Phi) is 4.18. The summed E-state index contributed by atoms with van der Waals surface area (Å²) in [6, 6.07) is 7.46. The van der Waals surface area contributed by atoms with Gasteiger partial charge in [-0.2, -0.15) is 0 Å². The second-order valence-corrected chi connectivity index (χ2v) is 5.80. The summed E-state index contributed by atoms with van der Waals surface area (Å²) in [4.78, 5) is 13.0. The van der Waals surface area contributed by atoms with Crippen LogP contribution in [0.15, 0.2) is 41.4 Å². The van der Waals surface area contributed by atoms with Crippen LogP contribution in [0.3, 0.4) is 0 Å². The van der Waals surface area contributed by atoms with E-state index in [1.165, 1.54) is 0 Å². The Labute approximate surface area is 121 Å². The maximum Gasteiger partial charge on any atom is 0.352 e. The van der Waals surface area contributed by atoms with Crippen LogP contribution in [-0.4, -0.2) is 31.1 Å². The molecule has 7 nitrogen and oxygen atoms in total. The number of hydrogen-bond acceptors (Lipinski definition) is 4. The molecule has 0 saturated carbocycles. The Hall–Kier alpha value is -2.48. The number of aromatic amines is 1. The molecule has 8 heteroatoms. The van der Waals surface area contributed by atoms with E-state index >= 15 is 0 Å². The van der Waals surface area contributed by atoms with Crippen molar-refractivity contribution in [2.75, 3.05) is 11.3 Å². The number of carbonyl (C=O) groups is 1. The van der Waals surface area contributed by atoms with Gasteiger partial charge in [0.2, 0.25) is 0 Å². The van der Waals surface area contributed by atoms with E-state index in [0.29, 0.717) is 18.0 Å². The van der Waals surface area contributed by atoms with Crippen molar-refractivity contribution in [3.05, 3.63) is 42.2 Å². The van der Waals surface area contributed by atoms with E-state index in [-0.39, 0.29) is 10.6 Å². The van der Waals surface area contributed by atoms with Crippen LogP contribution in [0.4, 0.5) is 5.69 Å². The molecule has 1 heterocycles. The normalized spacial score (nSPS) is 11.1. The maximum atomic E-state index is 12.1. The van der Waals surface area contributed by atoms with Gasteiger partial charge in [-0.1, -0.05) is 0 Å². The lowest BCUT2D eigenvalue weighted by molar-refractivity contribution is 0.0691. The zero-order valence-electron chi connectivity index (χ0n) is 11.2. The highest BCUT2D eigenvalue weighted by Gasteiger charge is 2.18. The monoisotopic (exact) mass is 310 g/mol. The minimum absolute atomic E-state index is 0.145. The molecule has 0 amide bonds. The fourth-order valence-electron chi connectivity index (χ4n) is 1.65. The van der Waals surface area contributed by atoms with E-state index in [4.69, 9.17) is 9.84 Å². The van der Waals surface area contributed by atoms with Crippen molar-refractivity contribution >= 4 is 21.7 Å². The molecular weight excluding hydrogens is 296 g/mol. The lowest BCUT2D eigenvalue weighted by Crippen LogP contribution is -2.12. The third kappa shape index (κ3) is 3.54. The van der Waals surface area contributed by atoms with Gasteiger partial charge in [0.25, 0.3) is 10.0 Å². The summed E-state index contributed by atoms with van der Waals surface area (Å²) >= 11 is 0. The van der Waals surface area contributed by atoms with Crippen molar-refractivity contribution < 1.29 is 23.1 Å². The Morgan fingerprint density at radius 2 is 2.00 bits per heavy atom. The molecule has 0 aliphatic carbocycles. The predicted octanol–water partition coefficient (Wildman–Crippen LogP) is 1.91. The zero-order valence-corrected chi connectivity index (χ0v) is 12.0. The minimum atomic E-state index is -3.84. The van der Waals surface area contributed by atoms with Crippen molar-refractivity contribution in [3.63, 3.8) is 0 Å². The molecule has 2 aromatic rings. The minimum Gasteiger partial charge on any atom is -0.494 e. The predicted molar refractivity (Wildman–Crippen MR) is 76.2 cm³/mol. The summed E-state index contributed by atoms with van der Waals surface area (Å²) in [7, 11) is -3.84. The van der Waals surface area contributed by atoms with Gasteiger partial charge in [0.15, 0.2) is 0 Å². The van der Waals surface area contributed by atoms with E-state index in [0.717, 1.165) is 12.3 Å². The summed E-state index contributed by atoms with van der Waals surface area (Å²) in [6.45, 7) is 2.37. The Morgan fingerprint density at radius 3 is 2.52 bits per heavy atom. The summed E-state index contributed by atoms with van der Waals surface area (Å²) in [5, 5.41) is 8.77. The molecule has 2 rings (SSSR count). The molecule has 0 saturated heterocycles. The first-order valence-electron chi connectivity index (χ1n) is 6.10. The summed E-state index contributed by atoms with van der Waals surface area (Å²) in [6.07, 6.45) is 1.13. The maximum absolute atomic E-state index is 12.1. The van der Waals surface area contributed by atoms with Crippen molar-refractivity contribution in [2.45, 2.75) is 11.8 Å². The molecule has 0 fully saturated rings. The number of aromatic nitrogens is 1. The number of nitrogens with one attached hydrogen (secondary N) is 2. The summed E-state index contributed by atoms with van der Waals surface area (Å²) in [5.74, 6) is -0.590. The lowest BCUT2D eigenvalue weighted by atomic mass is 10.3. The smallest absolute Gasteiger partial charge is 0.352 e. The lowest BCUT2D eigenvalue weighted by Gasteiger charge is -2.07. The molecule has 1 aromatic carbocycles. The molecule has 21 heavy (non-hydrogen) atoms. The van der Waals surface area contributed by atoms with E-state index in [2.05, 4.69) is 9.71 Å². The molecular formula is C13H14N2O5S. The van der Waals surface area contributed by atoms with Crippen LogP contribution >= 0.6 is 0 Å². The number of H-pyrrole nitrogens is 1. The highest BCUT2D eigenvalue weighted by atomic mass is 32.2. The van der Waals surface area contributed by atoms with Crippen molar-refractivity contribution in [2.24, 2.45) is 0 Å². The van der Waals surface area contributed by atoms with Crippen LogP contribution in [0.1, 0.15) is 17.4 Å². The summed E-state index contributed by atoms with van der Waals surface area (Å²) in [5.41, 5.74) is 0.165. The summed E-state index contributed by atoms with van der Waals surface area (Å²) < 4.78 is 31.8. The highest BCUT2D eigenvalue weighted by molar-refractivity contribution is 7.92. The van der Waals surface area contributed by atoms with Crippen LogP contribution in [0.2, 0.25) is 0 Å². The Balaban J connectivity index is 2.18. The van der Waals surface area contributed by atoms with Gasteiger partial charge in [0.05, 0.1) is 6.61 Å². The number of sulfonamides is 1. The van der Waals surface area contributed by atoms with Crippen molar-refractivity contribution in [1.82, 2.24) is 4.98 Å². The van der Waals surface area contributed by atoms with Crippen LogP contribution in [0.5, 0.6) is 5.75 Å². The SMILES string of the molecule is CCOc1ccc(NS(=O)(=O)c2c[nH]c(C(=O)O)c2)cc1. The number of benzene rings is 1. The second-order valence-electron chi connectivity index (χ2n) is 4.12.